The van der Waals surface area contributed by atoms with Crippen LogP contribution >= 0.6 is 0 Å². The molecule has 0 fully saturated rings. The van der Waals surface area contributed by atoms with Gasteiger partial charge in [-0.3, -0.25) is 4.79 Å². The Morgan fingerprint density at radius 1 is 1.28 bits per heavy atom. The van der Waals surface area contributed by atoms with Crippen molar-refractivity contribution >= 4 is 5.97 Å². The monoisotopic (exact) mass is 255 g/mol. The molecule has 2 atom stereocenters. The number of rotatable bonds is 9. The fourth-order valence-electron chi connectivity index (χ4n) is 1.91. The van der Waals surface area contributed by atoms with Crippen LogP contribution in [-0.4, -0.2) is 23.7 Å². The zero-order valence-corrected chi connectivity index (χ0v) is 12.5. The van der Waals surface area contributed by atoms with Crippen molar-refractivity contribution < 1.29 is 9.90 Å². The maximum Gasteiger partial charge on any atom is 0.307 e. The lowest BCUT2D eigenvalue weighted by Gasteiger charge is -2.19. The molecule has 0 bridgehead atoms. The van der Waals surface area contributed by atoms with Crippen molar-refractivity contribution in [2.45, 2.75) is 59.9 Å². The van der Waals surface area contributed by atoms with Crippen molar-refractivity contribution in [3.8, 4) is 0 Å². The van der Waals surface area contributed by atoms with Gasteiger partial charge in [-0.1, -0.05) is 25.5 Å². The van der Waals surface area contributed by atoms with E-state index >= 15 is 0 Å². The largest absolute Gasteiger partial charge is 0.481 e. The van der Waals surface area contributed by atoms with Crippen LogP contribution in [0.4, 0.5) is 0 Å². The van der Waals surface area contributed by atoms with Gasteiger partial charge in [0.2, 0.25) is 0 Å². The second-order valence-corrected chi connectivity index (χ2v) is 5.83. The number of hydrogen-bond acceptors (Lipinski definition) is 2. The molecule has 3 heteroatoms. The number of nitrogens with one attached hydrogen (secondary N) is 1. The van der Waals surface area contributed by atoms with E-state index in [4.69, 9.17) is 5.11 Å². The molecule has 0 aromatic heterocycles. The highest BCUT2D eigenvalue weighted by Crippen LogP contribution is 2.12. The number of carboxylic acid groups (broad SMARTS) is 1. The zero-order valence-electron chi connectivity index (χ0n) is 12.5. The van der Waals surface area contributed by atoms with Crippen molar-refractivity contribution in [1.29, 1.82) is 0 Å². The second kappa shape index (κ2) is 9.15. The Morgan fingerprint density at radius 3 is 2.33 bits per heavy atom. The average Bonchev–Trinajstić information content (AvgIpc) is 2.22. The summed E-state index contributed by atoms with van der Waals surface area (Å²) in [6.45, 7) is 11.0. The fraction of sp³-hybridized carbons (Fsp3) is 0.800. The third kappa shape index (κ3) is 9.23. The minimum absolute atomic E-state index is 0.268. The molecule has 3 nitrogen and oxygen atoms in total. The first-order valence-corrected chi connectivity index (χ1v) is 6.92. The Morgan fingerprint density at radius 2 is 1.89 bits per heavy atom. The van der Waals surface area contributed by atoms with Crippen LogP contribution in [0.1, 0.15) is 53.9 Å². The van der Waals surface area contributed by atoms with E-state index in [-0.39, 0.29) is 5.92 Å². The first-order valence-electron chi connectivity index (χ1n) is 6.92. The smallest absolute Gasteiger partial charge is 0.307 e. The van der Waals surface area contributed by atoms with Gasteiger partial charge in [0.15, 0.2) is 0 Å². The van der Waals surface area contributed by atoms with Gasteiger partial charge in [-0.15, -0.1) is 0 Å². The predicted molar refractivity (Wildman–Crippen MR) is 76.7 cm³/mol. The van der Waals surface area contributed by atoms with Crippen LogP contribution in [0.2, 0.25) is 0 Å². The molecule has 0 amide bonds. The van der Waals surface area contributed by atoms with Gasteiger partial charge in [0.05, 0.1) is 5.92 Å². The Balaban J connectivity index is 3.96. The number of carboxylic acids is 1. The van der Waals surface area contributed by atoms with Gasteiger partial charge >= 0.3 is 5.97 Å². The molecule has 0 aliphatic rings. The maximum absolute atomic E-state index is 11.1. The standard InChI is InChI=1S/C15H29NO2/c1-11(2)7-6-8-13(5)16-10-14(15(17)18)9-12(3)4/h7,12-14,16H,6,8-10H2,1-5H3,(H,17,18). The van der Waals surface area contributed by atoms with E-state index in [1.807, 2.05) is 0 Å². The van der Waals surface area contributed by atoms with Crippen molar-refractivity contribution in [3.05, 3.63) is 11.6 Å². The summed E-state index contributed by atoms with van der Waals surface area (Å²) in [5.74, 6) is -0.530. The molecule has 0 aliphatic heterocycles. The van der Waals surface area contributed by atoms with Crippen molar-refractivity contribution in [2.75, 3.05) is 6.54 Å². The van der Waals surface area contributed by atoms with Gasteiger partial charge in [-0.2, -0.15) is 0 Å². The highest BCUT2D eigenvalue weighted by Gasteiger charge is 2.19. The third-order valence-corrected chi connectivity index (χ3v) is 2.97. The topological polar surface area (TPSA) is 49.3 Å². The number of carbonyl (C=O) groups is 1. The summed E-state index contributed by atoms with van der Waals surface area (Å²) < 4.78 is 0. The minimum atomic E-state index is -0.687. The molecule has 2 unspecified atom stereocenters. The molecule has 0 saturated heterocycles. The second-order valence-electron chi connectivity index (χ2n) is 5.83. The fourth-order valence-corrected chi connectivity index (χ4v) is 1.91. The van der Waals surface area contributed by atoms with Crippen LogP contribution < -0.4 is 5.32 Å². The Kier molecular flexibility index (Phi) is 8.73. The number of allylic oxidation sites excluding steroid dienone is 2. The van der Waals surface area contributed by atoms with Crippen LogP contribution in [0.25, 0.3) is 0 Å². The lowest BCUT2D eigenvalue weighted by atomic mass is 9.97. The normalized spacial score (nSPS) is 14.3. The molecule has 18 heavy (non-hydrogen) atoms. The van der Waals surface area contributed by atoms with E-state index in [0.717, 1.165) is 19.3 Å². The molecular weight excluding hydrogens is 226 g/mol. The zero-order chi connectivity index (χ0) is 14.1. The van der Waals surface area contributed by atoms with Crippen LogP contribution in [0, 0.1) is 11.8 Å². The lowest BCUT2D eigenvalue weighted by molar-refractivity contribution is -0.142. The number of hydrogen-bond donors (Lipinski definition) is 2. The summed E-state index contributed by atoms with van der Waals surface area (Å²) in [7, 11) is 0. The molecule has 0 aromatic rings. The van der Waals surface area contributed by atoms with Crippen molar-refractivity contribution in [1.82, 2.24) is 5.32 Å². The first-order chi connectivity index (χ1) is 8.32. The van der Waals surface area contributed by atoms with Gasteiger partial charge in [-0.25, -0.2) is 0 Å². The maximum atomic E-state index is 11.1. The van der Waals surface area contributed by atoms with Gasteiger partial charge in [0.1, 0.15) is 0 Å². The van der Waals surface area contributed by atoms with Crippen LogP contribution in [-0.2, 0) is 4.79 Å². The van der Waals surface area contributed by atoms with Gasteiger partial charge in [-0.05, 0) is 46.0 Å². The van der Waals surface area contributed by atoms with Crippen LogP contribution in [0.15, 0.2) is 11.6 Å². The Hall–Kier alpha value is -0.830. The van der Waals surface area contributed by atoms with E-state index in [2.05, 4.69) is 46.0 Å². The van der Waals surface area contributed by atoms with E-state index in [1.165, 1.54) is 5.57 Å². The molecule has 0 aliphatic carbocycles. The first kappa shape index (κ1) is 17.2. The van der Waals surface area contributed by atoms with Crippen LogP contribution in [0.5, 0.6) is 0 Å². The van der Waals surface area contributed by atoms with Crippen molar-refractivity contribution in [3.63, 3.8) is 0 Å². The van der Waals surface area contributed by atoms with Crippen LogP contribution in [0.3, 0.4) is 0 Å². The molecule has 0 aromatic carbocycles. The van der Waals surface area contributed by atoms with Gasteiger partial charge < -0.3 is 10.4 Å². The summed E-state index contributed by atoms with van der Waals surface area (Å²) in [6.07, 6.45) is 5.07. The Labute approximate surface area is 112 Å². The third-order valence-electron chi connectivity index (χ3n) is 2.97. The minimum Gasteiger partial charge on any atom is -0.481 e. The molecule has 0 heterocycles. The average molecular weight is 255 g/mol. The summed E-state index contributed by atoms with van der Waals surface area (Å²) >= 11 is 0. The highest BCUT2D eigenvalue weighted by molar-refractivity contribution is 5.70. The molecule has 2 N–H and O–H groups in total. The SMILES string of the molecule is CC(C)=CCCC(C)NCC(CC(C)C)C(=O)O. The summed E-state index contributed by atoms with van der Waals surface area (Å²) in [5.41, 5.74) is 1.34. The van der Waals surface area contributed by atoms with Gasteiger partial charge in [0, 0.05) is 12.6 Å². The van der Waals surface area contributed by atoms with Crippen molar-refractivity contribution in [2.24, 2.45) is 11.8 Å². The summed E-state index contributed by atoms with van der Waals surface area (Å²) in [4.78, 5) is 11.1. The molecule has 0 spiro atoms. The lowest BCUT2D eigenvalue weighted by Crippen LogP contribution is -2.35. The van der Waals surface area contributed by atoms with E-state index in [1.54, 1.807) is 0 Å². The molecule has 0 saturated carbocycles. The molecular formula is C15H29NO2. The molecule has 106 valence electrons. The van der Waals surface area contributed by atoms with E-state index in [0.29, 0.717) is 18.5 Å². The quantitative estimate of drug-likeness (QED) is 0.620. The van der Waals surface area contributed by atoms with Gasteiger partial charge in [0.25, 0.3) is 0 Å². The summed E-state index contributed by atoms with van der Waals surface area (Å²) in [6, 6.07) is 0.370. The molecule has 0 rings (SSSR count). The predicted octanol–water partition coefficient (Wildman–Crippen LogP) is 3.46. The summed E-state index contributed by atoms with van der Waals surface area (Å²) in [5, 5.41) is 12.5. The molecule has 0 radical (unpaired) electrons. The Bertz CT molecular complexity index is 268. The number of aliphatic carboxylic acids is 1. The highest BCUT2D eigenvalue weighted by atomic mass is 16.4. The van der Waals surface area contributed by atoms with E-state index < -0.39 is 5.97 Å². The van der Waals surface area contributed by atoms with E-state index in [9.17, 15) is 4.79 Å².